The van der Waals surface area contributed by atoms with Crippen LogP contribution in [-0.4, -0.2) is 38.2 Å². The summed E-state index contributed by atoms with van der Waals surface area (Å²) in [6, 6.07) is 5.87. The molecule has 0 radical (unpaired) electrons. The van der Waals surface area contributed by atoms with Gasteiger partial charge in [0.15, 0.2) is 5.13 Å². The molecule has 3 rings (SSSR count). The zero-order valence-electron chi connectivity index (χ0n) is 12.7. The van der Waals surface area contributed by atoms with E-state index in [1.54, 1.807) is 18.4 Å². The number of nitrogens with one attached hydrogen (secondary N) is 1. The molecule has 1 aliphatic rings. The van der Waals surface area contributed by atoms with Gasteiger partial charge in [-0.05, 0) is 31.0 Å². The van der Waals surface area contributed by atoms with E-state index in [1.165, 1.54) is 7.11 Å². The number of ether oxygens (including phenoxy) is 1. The number of thiazole rings is 1. The Labute approximate surface area is 133 Å². The Bertz CT molecular complexity index is 673. The SMILES string of the molecule is CONC(=O)C1CCCN(c2nc3ccc(OC)cc3s2)C1. The van der Waals surface area contributed by atoms with E-state index in [0.29, 0.717) is 6.54 Å². The molecular weight excluding hydrogens is 302 g/mol. The Morgan fingerprint density at radius 1 is 1.45 bits per heavy atom. The molecule has 1 aromatic heterocycles. The van der Waals surface area contributed by atoms with E-state index in [9.17, 15) is 4.79 Å². The molecule has 1 fully saturated rings. The minimum atomic E-state index is -0.0602. The van der Waals surface area contributed by atoms with E-state index >= 15 is 0 Å². The van der Waals surface area contributed by atoms with Crippen LogP contribution in [0.3, 0.4) is 0 Å². The minimum absolute atomic E-state index is 0.0600. The van der Waals surface area contributed by atoms with Crippen molar-refractivity contribution in [2.75, 3.05) is 32.2 Å². The standard InChI is InChI=1S/C15H19N3O3S/c1-20-11-5-6-12-13(8-11)22-15(16-12)18-7-3-4-10(9-18)14(19)17-21-2/h5-6,8,10H,3-4,7,9H2,1-2H3,(H,17,19). The number of anilines is 1. The maximum Gasteiger partial charge on any atom is 0.248 e. The summed E-state index contributed by atoms with van der Waals surface area (Å²) >= 11 is 1.63. The number of rotatable bonds is 4. The smallest absolute Gasteiger partial charge is 0.248 e. The number of fused-ring (bicyclic) bond motifs is 1. The summed E-state index contributed by atoms with van der Waals surface area (Å²) in [6.07, 6.45) is 1.85. The third kappa shape index (κ3) is 3.00. The van der Waals surface area contributed by atoms with Crippen LogP contribution in [0.2, 0.25) is 0 Å². The molecule has 2 aromatic rings. The minimum Gasteiger partial charge on any atom is -0.497 e. The lowest BCUT2D eigenvalue weighted by Crippen LogP contribution is -2.42. The van der Waals surface area contributed by atoms with E-state index in [-0.39, 0.29) is 11.8 Å². The fourth-order valence-corrected chi connectivity index (χ4v) is 3.73. The third-order valence-corrected chi connectivity index (χ3v) is 4.93. The Hall–Kier alpha value is -1.86. The molecule has 1 aliphatic heterocycles. The molecule has 0 saturated carbocycles. The Balaban J connectivity index is 1.79. The summed E-state index contributed by atoms with van der Waals surface area (Å²) in [4.78, 5) is 23.5. The average molecular weight is 321 g/mol. The largest absolute Gasteiger partial charge is 0.497 e. The van der Waals surface area contributed by atoms with Crippen LogP contribution in [0.5, 0.6) is 5.75 Å². The summed E-state index contributed by atoms with van der Waals surface area (Å²) in [5.41, 5.74) is 3.39. The first-order chi connectivity index (χ1) is 10.7. The number of benzene rings is 1. The van der Waals surface area contributed by atoms with Gasteiger partial charge in [-0.2, -0.15) is 0 Å². The van der Waals surface area contributed by atoms with Gasteiger partial charge in [-0.15, -0.1) is 0 Å². The maximum atomic E-state index is 11.9. The van der Waals surface area contributed by atoms with Gasteiger partial charge >= 0.3 is 0 Å². The Kier molecular flexibility index (Phi) is 4.44. The highest BCUT2D eigenvalue weighted by Crippen LogP contribution is 2.33. The molecule has 0 aliphatic carbocycles. The topological polar surface area (TPSA) is 63.7 Å². The number of hydrogen-bond donors (Lipinski definition) is 1. The van der Waals surface area contributed by atoms with Gasteiger partial charge in [0.05, 0.1) is 30.4 Å². The molecule has 0 spiro atoms. The number of nitrogens with zero attached hydrogens (tertiary/aromatic N) is 2. The van der Waals surface area contributed by atoms with Crippen LogP contribution >= 0.6 is 11.3 Å². The molecule has 1 saturated heterocycles. The van der Waals surface area contributed by atoms with E-state index in [1.807, 2.05) is 18.2 Å². The first-order valence-electron chi connectivity index (χ1n) is 7.23. The number of carbonyl (C=O) groups is 1. The van der Waals surface area contributed by atoms with Gasteiger partial charge in [0, 0.05) is 13.1 Å². The molecule has 22 heavy (non-hydrogen) atoms. The van der Waals surface area contributed by atoms with Gasteiger partial charge in [0.1, 0.15) is 5.75 Å². The zero-order valence-corrected chi connectivity index (χ0v) is 13.5. The molecule has 1 unspecified atom stereocenters. The van der Waals surface area contributed by atoms with Gasteiger partial charge < -0.3 is 9.64 Å². The van der Waals surface area contributed by atoms with Gasteiger partial charge in [0.2, 0.25) is 5.91 Å². The third-order valence-electron chi connectivity index (χ3n) is 3.85. The van der Waals surface area contributed by atoms with Crippen molar-refractivity contribution >= 4 is 32.6 Å². The van der Waals surface area contributed by atoms with Gasteiger partial charge in [-0.3, -0.25) is 9.63 Å². The van der Waals surface area contributed by atoms with Crippen molar-refractivity contribution in [3.8, 4) is 5.75 Å². The number of methoxy groups -OCH3 is 1. The molecule has 2 heterocycles. The van der Waals surface area contributed by atoms with Crippen molar-refractivity contribution in [2.24, 2.45) is 5.92 Å². The van der Waals surface area contributed by atoms with Gasteiger partial charge in [-0.1, -0.05) is 11.3 Å². The maximum absolute atomic E-state index is 11.9. The molecule has 1 N–H and O–H groups in total. The molecule has 118 valence electrons. The first-order valence-corrected chi connectivity index (χ1v) is 8.05. The summed E-state index contributed by atoms with van der Waals surface area (Å²) in [7, 11) is 3.12. The number of hydroxylamine groups is 1. The van der Waals surface area contributed by atoms with Crippen LogP contribution in [0.25, 0.3) is 10.2 Å². The van der Waals surface area contributed by atoms with Crippen LogP contribution in [-0.2, 0) is 9.63 Å². The van der Waals surface area contributed by atoms with Crippen molar-refractivity contribution in [3.63, 3.8) is 0 Å². The highest BCUT2D eigenvalue weighted by Gasteiger charge is 2.27. The second kappa shape index (κ2) is 6.50. The Morgan fingerprint density at radius 2 is 2.32 bits per heavy atom. The summed E-state index contributed by atoms with van der Waals surface area (Å²) < 4.78 is 6.35. The van der Waals surface area contributed by atoms with E-state index in [4.69, 9.17) is 9.57 Å². The first kappa shape index (κ1) is 15.1. The number of hydrogen-bond acceptors (Lipinski definition) is 6. The number of carbonyl (C=O) groups excluding carboxylic acids is 1. The average Bonchev–Trinajstić information content (AvgIpc) is 2.98. The molecule has 6 nitrogen and oxygen atoms in total. The van der Waals surface area contributed by atoms with E-state index < -0.39 is 0 Å². The highest BCUT2D eigenvalue weighted by atomic mass is 32.1. The fraction of sp³-hybridized carbons (Fsp3) is 0.467. The predicted molar refractivity (Wildman–Crippen MR) is 86.3 cm³/mol. The van der Waals surface area contributed by atoms with Crippen LogP contribution in [0.15, 0.2) is 18.2 Å². The van der Waals surface area contributed by atoms with Crippen LogP contribution in [0.1, 0.15) is 12.8 Å². The lowest BCUT2D eigenvalue weighted by Gasteiger charge is -2.31. The van der Waals surface area contributed by atoms with Gasteiger partial charge in [0.25, 0.3) is 0 Å². The van der Waals surface area contributed by atoms with E-state index in [0.717, 1.165) is 40.5 Å². The van der Waals surface area contributed by atoms with Crippen molar-refractivity contribution in [1.82, 2.24) is 10.5 Å². The predicted octanol–water partition coefficient (Wildman–Crippen LogP) is 2.20. The summed E-state index contributed by atoms with van der Waals surface area (Å²) in [6.45, 7) is 1.60. The second-order valence-electron chi connectivity index (χ2n) is 5.29. The summed E-state index contributed by atoms with van der Waals surface area (Å²) in [5, 5.41) is 0.957. The molecule has 1 atom stereocenters. The molecular formula is C15H19N3O3S. The summed E-state index contributed by atoms with van der Waals surface area (Å²) in [5.74, 6) is 0.712. The quantitative estimate of drug-likeness (QED) is 0.875. The fourth-order valence-electron chi connectivity index (χ4n) is 2.70. The van der Waals surface area contributed by atoms with E-state index in [2.05, 4.69) is 15.4 Å². The van der Waals surface area contributed by atoms with Crippen molar-refractivity contribution < 1.29 is 14.4 Å². The second-order valence-corrected chi connectivity index (χ2v) is 6.29. The normalized spacial score (nSPS) is 18.5. The van der Waals surface area contributed by atoms with Crippen LogP contribution in [0, 0.1) is 5.92 Å². The van der Waals surface area contributed by atoms with Gasteiger partial charge in [-0.25, -0.2) is 10.5 Å². The number of amides is 1. The lowest BCUT2D eigenvalue weighted by atomic mass is 9.98. The monoisotopic (exact) mass is 321 g/mol. The molecule has 0 bridgehead atoms. The van der Waals surface area contributed by atoms with Crippen molar-refractivity contribution in [3.05, 3.63) is 18.2 Å². The van der Waals surface area contributed by atoms with Crippen molar-refractivity contribution in [1.29, 1.82) is 0 Å². The Morgan fingerprint density at radius 3 is 3.09 bits per heavy atom. The number of piperidine rings is 1. The number of aromatic nitrogens is 1. The lowest BCUT2D eigenvalue weighted by molar-refractivity contribution is -0.135. The molecule has 1 amide bonds. The highest BCUT2D eigenvalue weighted by molar-refractivity contribution is 7.22. The zero-order chi connectivity index (χ0) is 15.5. The van der Waals surface area contributed by atoms with Crippen LogP contribution in [0.4, 0.5) is 5.13 Å². The van der Waals surface area contributed by atoms with Crippen molar-refractivity contribution in [2.45, 2.75) is 12.8 Å². The van der Waals surface area contributed by atoms with Crippen LogP contribution < -0.4 is 15.1 Å². The molecule has 7 heteroatoms. The molecule has 1 aromatic carbocycles.